The van der Waals surface area contributed by atoms with Crippen molar-refractivity contribution >= 4 is 23.2 Å². The third-order valence-electron chi connectivity index (χ3n) is 2.74. The molecule has 0 aliphatic carbocycles. The summed E-state index contributed by atoms with van der Waals surface area (Å²) in [6.45, 7) is 4.75. The van der Waals surface area contributed by atoms with Crippen LogP contribution in [0.3, 0.4) is 0 Å². The van der Waals surface area contributed by atoms with Gasteiger partial charge in [0.1, 0.15) is 11.5 Å². The molecule has 0 fully saturated rings. The first-order valence-electron chi connectivity index (χ1n) is 5.87. The number of benzene rings is 1. The van der Waals surface area contributed by atoms with Gasteiger partial charge in [0.15, 0.2) is 0 Å². The zero-order chi connectivity index (χ0) is 13.1. The summed E-state index contributed by atoms with van der Waals surface area (Å²) in [4.78, 5) is 0. The Labute approximate surface area is 117 Å². The molecule has 4 heteroatoms. The quantitative estimate of drug-likeness (QED) is 0.888. The highest BCUT2D eigenvalue weighted by molar-refractivity contribution is 6.36. The summed E-state index contributed by atoms with van der Waals surface area (Å²) in [6, 6.07) is 9.27. The lowest BCUT2D eigenvalue weighted by atomic mass is 10.0. The first kappa shape index (κ1) is 13.5. The smallest absolute Gasteiger partial charge is 0.125 e. The Morgan fingerprint density at radius 1 is 1.17 bits per heavy atom. The number of furan rings is 1. The molecule has 1 N–H and O–H groups in total. The second-order valence-corrected chi connectivity index (χ2v) is 4.89. The third kappa shape index (κ3) is 2.72. The number of hydrogen-bond donors (Lipinski definition) is 1. The van der Waals surface area contributed by atoms with E-state index in [0.717, 1.165) is 23.6 Å². The van der Waals surface area contributed by atoms with E-state index in [0.29, 0.717) is 10.0 Å². The molecule has 1 heterocycles. The second-order valence-electron chi connectivity index (χ2n) is 4.07. The van der Waals surface area contributed by atoms with Crippen LogP contribution in [-0.2, 0) is 0 Å². The summed E-state index contributed by atoms with van der Waals surface area (Å²) in [7, 11) is 0. The molecule has 2 rings (SSSR count). The van der Waals surface area contributed by atoms with Gasteiger partial charge in [0.2, 0.25) is 0 Å². The van der Waals surface area contributed by atoms with Crippen LogP contribution in [0.15, 0.2) is 34.7 Å². The number of aryl methyl sites for hydroxylation is 1. The number of nitrogens with one attached hydrogen (secondary N) is 1. The van der Waals surface area contributed by atoms with Gasteiger partial charge in [-0.15, -0.1) is 0 Å². The molecule has 1 atom stereocenters. The Bertz CT molecular complexity index is 516. The predicted octanol–water partition coefficient (Wildman–Crippen LogP) is 4.59. The van der Waals surface area contributed by atoms with Crippen LogP contribution in [0.25, 0.3) is 0 Å². The molecule has 1 unspecified atom stereocenters. The Balaban J connectivity index is 2.47. The molecule has 18 heavy (non-hydrogen) atoms. The average molecular weight is 284 g/mol. The van der Waals surface area contributed by atoms with Crippen molar-refractivity contribution in [2.24, 2.45) is 0 Å². The first-order valence-corrected chi connectivity index (χ1v) is 6.62. The van der Waals surface area contributed by atoms with Crippen molar-refractivity contribution < 1.29 is 4.42 Å². The van der Waals surface area contributed by atoms with Crippen LogP contribution in [0.4, 0.5) is 0 Å². The Morgan fingerprint density at radius 2 is 1.83 bits per heavy atom. The van der Waals surface area contributed by atoms with Crippen LogP contribution in [0.5, 0.6) is 0 Å². The van der Waals surface area contributed by atoms with Crippen molar-refractivity contribution in [3.63, 3.8) is 0 Å². The molecule has 0 spiro atoms. The molecule has 0 bridgehead atoms. The molecule has 2 nitrogen and oxygen atoms in total. The van der Waals surface area contributed by atoms with E-state index >= 15 is 0 Å². The fourth-order valence-corrected chi connectivity index (χ4v) is 2.56. The molecule has 96 valence electrons. The number of rotatable bonds is 4. The van der Waals surface area contributed by atoms with Crippen molar-refractivity contribution in [1.29, 1.82) is 0 Å². The van der Waals surface area contributed by atoms with E-state index in [1.807, 2.05) is 44.2 Å². The van der Waals surface area contributed by atoms with Crippen molar-refractivity contribution in [2.45, 2.75) is 19.9 Å². The summed E-state index contributed by atoms with van der Waals surface area (Å²) in [5.41, 5.74) is 0.858. The summed E-state index contributed by atoms with van der Waals surface area (Å²) in [5, 5.41) is 4.63. The minimum atomic E-state index is -0.120. The summed E-state index contributed by atoms with van der Waals surface area (Å²) >= 11 is 12.5. The number of halogens is 2. The van der Waals surface area contributed by atoms with E-state index in [1.54, 1.807) is 0 Å². The van der Waals surface area contributed by atoms with Gasteiger partial charge in [-0.05, 0) is 37.7 Å². The molecule has 1 aromatic carbocycles. The Morgan fingerprint density at radius 3 is 2.33 bits per heavy atom. The molecule has 0 radical (unpaired) electrons. The lowest BCUT2D eigenvalue weighted by molar-refractivity contribution is 0.435. The van der Waals surface area contributed by atoms with Gasteiger partial charge in [0.05, 0.1) is 6.04 Å². The van der Waals surface area contributed by atoms with Gasteiger partial charge in [0, 0.05) is 15.6 Å². The fraction of sp³-hybridized carbons (Fsp3) is 0.286. The monoisotopic (exact) mass is 283 g/mol. The predicted molar refractivity (Wildman–Crippen MR) is 75.4 cm³/mol. The van der Waals surface area contributed by atoms with Crippen LogP contribution in [0.2, 0.25) is 10.0 Å². The van der Waals surface area contributed by atoms with Gasteiger partial charge in [-0.3, -0.25) is 0 Å². The lowest BCUT2D eigenvalue weighted by Gasteiger charge is -2.18. The zero-order valence-electron chi connectivity index (χ0n) is 10.3. The standard InChI is InChI=1S/C14H15Cl2NO/c1-3-17-14(12-8-7-9(2)18-12)13-10(15)5-4-6-11(13)16/h4-8,14,17H,3H2,1-2H3. The van der Waals surface area contributed by atoms with E-state index in [1.165, 1.54) is 0 Å². The zero-order valence-corrected chi connectivity index (χ0v) is 11.8. The lowest BCUT2D eigenvalue weighted by Crippen LogP contribution is -2.22. The van der Waals surface area contributed by atoms with Gasteiger partial charge >= 0.3 is 0 Å². The van der Waals surface area contributed by atoms with Gasteiger partial charge in [-0.25, -0.2) is 0 Å². The minimum Gasteiger partial charge on any atom is -0.464 e. The van der Waals surface area contributed by atoms with E-state index in [2.05, 4.69) is 5.32 Å². The maximum Gasteiger partial charge on any atom is 0.125 e. The highest BCUT2D eigenvalue weighted by atomic mass is 35.5. The van der Waals surface area contributed by atoms with E-state index < -0.39 is 0 Å². The van der Waals surface area contributed by atoms with Crippen LogP contribution < -0.4 is 5.32 Å². The SMILES string of the molecule is CCNC(c1ccc(C)o1)c1c(Cl)cccc1Cl. The average Bonchev–Trinajstić information content (AvgIpc) is 2.74. The van der Waals surface area contributed by atoms with Crippen molar-refractivity contribution in [2.75, 3.05) is 6.54 Å². The van der Waals surface area contributed by atoms with Crippen LogP contribution in [0, 0.1) is 6.92 Å². The largest absolute Gasteiger partial charge is 0.464 e. The molecule has 1 aromatic heterocycles. The summed E-state index contributed by atoms with van der Waals surface area (Å²) < 4.78 is 5.68. The molecule has 0 aliphatic rings. The topological polar surface area (TPSA) is 25.2 Å². The molecule has 0 saturated heterocycles. The highest BCUT2D eigenvalue weighted by Crippen LogP contribution is 2.34. The first-order chi connectivity index (χ1) is 8.63. The van der Waals surface area contributed by atoms with Gasteiger partial charge in [0.25, 0.3) is 0 Å². The van der Waals surface area contributed by atoms with Crippen LogP contribution >= 0.6 is 23.2 Å². The van der Waals surface area contributed by atoms with Gasteiger partial charge < -0.3 is 9.73 Å². The van der Waals surface area contributed by atoms with E-state index in [-0.39, 0.29) is 6.04 Å². The molecular weight excluding hydrogens is 269 g/mol. The van der Waals surface area contributed by atoms with Crippen molar-refractivity contribution in [1.82, 2.24) is 5.32 Å². The normalized spacial score (nSPS) is 12.7. The second kappa shape index (κ2) is 5.79. The third-order valence-corrected chi connectivity index (χ3v) is 3.40. The van der Waals surface area contributed by atoms with E-state index in [4.69, 9.17) is 27.6 Å². The minimum absolute atomic E-state index is 0.120. The van der Waals surface area contributed by atoms with Crippen molar-refractivity contribution in [3.8, 4) is 0 Å². The summed E-state index contributed by atoms with van der Waals surface area (Å²) in [5.74, 6) is 1.69. The molecule has 0 saturated carbocycles. The maximum absolute atomic E-state index is 6.25. The van der Waals surface area contributed by atoms with E-state index in [9.17, 15) is 0 Å². The number of hydrogen-bond acceptors (Lipinski definition) is 2. The van der Waals surface area contributed by atoms with Crippen LogP contribution in [0.1, 0.15) is 30.0 Å². The van der Waals surface area contributed by atoms with Gasteiger partial charge in [-0.1, -0.05) is 36.2 Å². The summed E-state index contributed by atoms with van der Waals surface area (Å²) in [6.07, 6.45) is 0. The molecular formula is C14H15Cl2NO. The molecule has 0 amide bonds. The Kier molecular flexibility index (Phi) is 4.33. The van der Waals surface area contributed by atoms with Crippen LogP contribution in [-0.4, -0.2) is 6.54 Å². The fourth-order valence-electron chi connectivity index (χ4n) is 1.94. The van der Waals surface area contributed by atoms with Crippen molar-refractivity contribution in [3.05, 3.63) is 57.5 Å². The molecule has 0 aliphatic heterocycles. The van der Waals surface area contributed by atoms with Gasteiger partial charge in [-0.2, -0.15) is 0 Å². The highest BCUT2D eigenvalue weighted by Gasteiger charge is 2.21. The Hall–Kier alpha value is -0.960. The molecule has 2 aromatic rings. The maximum atomic E-state index is 6.25.